The average molecular weight is 390 g/mol. The van der Waals surface area contributed by atoms with Crippen molar-refractivity contribution in [1.29, 1.82) is 0 Å². The standard InChI is InChI=1S/C20H22N8O/c1-26-12-15(10-23-26)17-7-18-14(8-22-17)9-24-28(18)20-4-2-3-19(25-20)27-6-5-21-11-16(29)13-27/h2-4,7-10,12,16,21,29H,5-6,11,13H2,1H3/t16-/m1/s1. The molecule has 0 bridgehead atoms. The quantitative estimate of drug-likeness (QED) is 0.538. The van der Waals surface area contributed by atoms with Crippen molar-refractivity contribution in [3.63, 3.8) is 0 Å². The molecule has 0 saturated carbocycles. The van der Waals surface area contributed by atoms with Gasteiger partial charge in [-0.15, -0.1) is 0 Å². The molecule has 9 nitrogen and oxygen atoms in total. The van der Waals surface area contributed by atoms with E-state index >= 15 is 0 Å². The molecule has 5 heterocycles. The first-order chi connectivity index (χ1) is 14.2. The average Bonchev–Trinajstić information content (AvgIpc) is 3.29. The second-order valence-electron chi connectivity index (χ2n) is 7.25. The molecule has 1 fully saturated rings. The fourth-order valence-electron chi connectivity index (χ4n) is 3.62. The second kappa shape index (κ2) is 7.26. The van der Waals surface area contributed by atoms with Gasteiger partial charge in [0.1, 0.15) is 5.82 Å². The van der Waals surface area contributed by atoms with Crippen LogP contribution in [0.1, 0.15) is 0 Å². The van der Waals surface area contributed by atoms with E-state index in [1.165, 1.54) is 0 Å². The highest BCUT2D eigenvalue weighted by Crippen LogP contribution is 2.24. The molecule has 4 aromatic rings. The molecular weight excluding hydrogens is 368 g/mol. The Labute approximate surface area is 167 Å². The van der Waals surface area contributed by atoms with Crippen LogP contribution in [-0.4, -0.2) is 66.9 Å². The summed E-state index contributed by atoms with van der Waals surface area (Å²) in [6, 6.07) is 7.88. The maximum absolute atomic E-state index is 10.1. The van der Waals surface area contributed by atoms with Gasteiger partial charge in [0.2, 0.25) is 0 Å². The number of hydrogen-bond donors (Lipinski definition) is 2. The van der Waals surface area contributed by atoms with Gasteiger partial charge in [0.25, 0.3) is 0 Å². The zero-order valence-corrected chi connectivity index (χ0v) is 16.1. The lowest BCUT2D eigenvalue weighted by Gasteiger charge is -2.23. The molecule has 1 aliphatic heterocycles. The zero-order chi connectivity index (χ0) is 19.8. The van der Waals surface area contributed by atoms with Crippen LogP contribution < -0.4 is 10.2 Å². The highest BCUT2D eigenvalue weighted by Gasteiger charge is 2.18. The van der Waals surface area contributed by atoms with E-state index in [2.05, 4.69) is 25.4 Å². The summed E-state index contributed by atoms with van der Waals surface area (Å²) >= 11 is 0. The lowest BCUT2D eigenvalue weighted by molar-refractivity contribution is 0.184. The van der Waals surface area contributed by atoms with Gasteiger partial charge in [-0.1, -0.05) is 6.07 Å². The smallest absolute Gasteiger partial charge is 0.156 e. The molecule has 1 atom stereocenters. The van der Waals surface area contributed by atoms with E-state index in [0.717, 1.165) is 46.9 Å². The fourth-order valence-corrected chi connectivity index (χ4v) is 3.62. The number of aromatic nitrogens is 6. The number of hydrogen-bond acceptors (Lipinski definition) is 7. The maximum atomic E-state index is 10.1. The first kappa shape index (κ1) is 17.8. The van der Waals surface area contributed by atoms with Crippen molar-refractivity contribution < 1.29 is 5.11 Å². The second-order valence-corrected chi connectivity index (χ2v) is 7.25. The van der Waals surface area contributed by atoms with Gasteiger partial charge in [-0.3, -0.25) is 9.67 Å². The fraction of sp³-hybridized carbons (Fsp3) is 0.300. The van der Waals surface area contributed by atoms with Crippen LogP contribution in [0.4, 0.5) is 5.82 Å². The molecule has 1 aliphatic rings. The highest BCUT2D eigenvalue weighted by atomic mass is 16.3. The Balaban J connectivity index is 1.53. The number of aryl methyl sites for hydroxylation is 1. The van der Waals surface area contributed by atoms with Crippen LogP contribution in [0.2, 0.25) is 0 Å². The molecule has 0 unspecified atom stereocenters. The van der Waals surface area contributed by atoms with Gasteiger partial charge < -0.3 is 15.3 Å². The van der Waals surface area contributed by atoms with Crippen molar-refractivity contribution in [2.24, 2.45) is 7.05 Å². The van der Waals surface area contributed by atoms with Gasteiger partial charge in [-0.2, -0.15) is 10.2 Å². The minimum absolute atomic E-state index is 0.415. The molecule has 1 saturated heterocycles. The molecule has 0 aliphatic carbocycles. The number of rotatable bonds is 3. The van der Waals surface area contributed by atoms with Crippen LogP contribution in [0.5, 0.6) is 0 Å². The molecule has 0 radical (unpaired) electrons. The summed E-state index contributed by atoms with van der Waals surface area (Å²) < 4.78 is 3.58. The molecule has 29 heavy (non-hydrogen) atoms. The number of pyridine rings is 2. The molecular formula is C20H22N8O. The molecule has 9 heteroatoms. The number of aliphatic hydroxyl groups is 1. The Hall–Kier alpha value is -3.30. The topological polar surface area (TPSA) is 96.9 Å². The van der Waals surface area contributed by atoms with Crippen molar-refractivity contribution in [3.05, 3.63) is 49.1 Å². The van der Waals surface area contributed by atoms with Crippen LogP contribution in [0, 0.1) is 0 Å². The molecule has 5 rings (SSSR count). The number of fused-ring (bicyclic) bond motifs is 1. The molecule has 0 aromatic carbocycles. The van der Waals surface area contributed by atoms with E-state index in [1.807, 2.05) is 48.4 Å². The number of aliphatic hydroxyl groups excluding tert-OH is 1. The Bertz CT molecular complexity index is 1150. The third kappa shape index (κ3) is 3.45. The first-order valence-corrected chi connectivity index (χ1v) is 9.61. The molecule has 0 amide bonds. The molecule has 148 valence electrons. The van der Waals surface area contributed by atoms with Crippen LogP contribution in [0.25, 0.3) is 28.0 Å². The van der Waals surface area contributed by atoms with Crippen LogP contribution in [0.3, 0.4) is 0 Å². The van der Waals surface area contributed by atoms with Gasteiger partial charge in [-0.05, 0) is 18.2 Å². The Morgan fingerprint density at radius 2 is 2.03 bits per heavy atom. The highest BCUT2D eigenvalue weighted by molar-refractivity contribution is 5.83. The van der Waals surface area contributed by atoms with Gasteiger partial charge in [-0.25, -0.2) is 9.67 Å². The first-order valence-electron chi connectivity index (χ1n) is 9.61. The number of β-amino-alcohol motifs (C(OH)–C–C–N with tert-alkyl or cyclic N) is 1. The number of anilines is 1. The summed E-state index contributed by atoms with van der Waals surface area (Å²) in [6.07, 6.45) is 6.94. The summed E-state index contributed by atoms with van der Waals surface area (Å²) in [5.74, 6) is 1.56. The van der Waals surface area contributed by atoms with Crippen molar-refractivity contribution in [3.8, 4) is 17.1 Å². The van der Waals surface area contributed by atoms with Crippen molar-refractivity contribution in [2.75, 3.05) is 31.1 Å². The largest absolute Gasteiger partial charge is 0.390 e. The lowest BCUT2D eigenvalue weighted by Crippen LogP contribution is -2.33. The Morgan fingerprint density at radius 1 is 1.14 bits per heavy atom. The van der Waals surface area contributed by atoms with Crippen molar-refractivity contribution in [1.82, 2.24) is 34.8 Å². The maximum Gasteiger partial charge on any atom is 0.156 e. The van der Waals surface area contributed by atoms with Crippen LogP contribution in [-0.2, 0) is 7.05 Å². The predicted octanol–water partition coefficient (Wildman–Crippen LogP) is 0.986. The summed E-state index contributed by atoms with van der Waals surface area (Å²) in [5, 5.41) is 23.0. The van der Waals surface area contributed by atoms with Gasteiger partial charge >= 0.3 is 0 Å². The van der Waals surface area contributed by atoms with E-state index in [-0.39, 0.29) is 0 Å². The van der Waals surface area contributed by atoms with Crippen molar-refractivity contribution in [2.45, 2.75) is 6.10 Å². The van der Waals surface area contributed by atoms with Gasteiger partial charge in [0.05, 0.1) is 29.7 Å². The zero-order valence-electron chi connectivity index (χ0n) is 16.1. The monoisotopic (exact) mass is 390 g/mol. The number of nitrogens with one attached hydrogen (secondary N) is 1. The molecule has 0 spiro atoms. The van der Waals surface area contributed by atoms with Crippen LogP contribution >= 0.6 is 0 Å². The van der Waals surface area contributed by atoms with E-state index in [0.29, 0.717) is 13.1 Å². The van der Waals surface area contributed by atoms with E-state index < -0.39 is 6.10 Å². The summed E-state index contributed by atoms with van der Waals surface area (Å²) in [4.78, 5) is 11.5. The minimum atomic E-state index is -0.415. The summed E-state index contributed by atoms with van der Waals surface area (Å²) in [5.41, 5.74) is 2.72. The predicted molar refractivity (Wildman–Crippen MR) is 110 cm³/mol. The number of nitrogens with zero attached hydrogens (tertiary/aromatic N) is 7. The SMILES string of the molecule is Cn1cc(-c2cc3c(cn2)cnn3-c2cccc(N3CCNC[C@@H](O)C3)n2)cn1. The molecule has 2 N–H and O–H groups in total. The Kier molecular flexibility index (Phi) is 4.45. The van der Waals surface area contributed by atoms with Crippen molar-refractivity contribution >= 4 is 16.7 Å². The van der Waals surface area contributed by atoms with Gasteiger partial charge in [0, 0.05) is 56.6 Å². The summed E-state index contributed by atoms with van der Waals surface area (Å²) in [7, 11) is 1.89. The third-order valence-corrected chi connectivity index (χ3v) is 5.08. The third-order valence-electron chi connectivity index (χ3n) is 5.08. The van der Waals surface area contributed by atoms with E-state index in [4.69, 9.17) is 4.98 Å². The minimum Gasteiger partial charge on any atom is -0.390 e. The summed E-state index contributed by atoms with van der Waals surface area (Å²) in [6.45, 7) is 2.76. The Morgan fingerprint density at radius 3 is 2.90 bits per heavy atom. The van der Waals surface area contributed by atoms with Gasteiger partial charge in [0.15, 0.2) is 5.82 Å². The van der Waals surface area contributed by atoms with E-state index in [9.17, 15) is 5.11 Å². The molecule has 4 aromatic heterocycles. The normalized spacial score (nSPS) is 17.6. The van der Waals surface area contributed by atoms with E-state index in [1.54, 1.807) is 17.1 Å². The van der Waals surface area contributed by atoms with Crippen LogP contribution in [0.15, 0.2) is 49.1 Å². The lowest BCUT2D eigenvalue weighted by atomic mass is 10.2.